The summed E-state index contributed by atoms with van der Waals surface area (Å²) in [5, 5.41) is 6.20. The molecule has 0 unspecified atom stereocenters. The number of amides is 1. The standard InChI is InChI=1S/C19H19N3O3S/c1-13-15-4-2-3-5-16(15)25-18(13)19(23)21-20-12-14-6-7-17(26-14)22-8-10-24-11-9-22/h2-7,12H,8-11H2,1H3,(H,21,23)/b20-12-. The number of aryl methyl sites for hydroxylation is 1. The van der Waals surface area contributed by atoms with Gasteiger partial charge < -0.3 is 14.1 Å². The van der Waals surface area contributed by atoms with Gasteiger partial charge in [0.15, 0.2) is 5.76 Å². The number of hydrazone groups is 1. The van der Waals surface area contributed by atoms with Gasteiger partial charge in [-0.2, -0.15) is 5.10 Å². The fourth-order valence-corrected chi connectivity index (χ4v) is 3.89. The number of fused-ring (bicyclic) bond motifs is 1. The second-order valence-electron chi connectivity index (χ2n) is 6.03. The van der Waals surface area contributed by atoms with Crippen molar-refractivity contribution in [1.29, 1.82) is 0 Å². The van der Waals surface area contributed by atoms with E-state index < -0.39 is 0 Å². The number of furan rings is 1. The van der Waals surface area contributed by atoms with Crippen molar-refractivity contribution in [3.05, 3.63) is 52.6 Å². The van der Waals surface area contributed by atoms with Gasteiger partial charge in [-0.3, -0.25) is 4.79 Å². The van der Waals surface area contributed by atoms with Gasteiger partial charge >= 0.3 is 5.91 Å². The molecule has 0 aliphatic carbocycles. The lowest BCUT2D eigenvalue weighted by Crippen LogP contribution is -2.35. The van der Waals surface area contributed by atoms with Crippen molar-refractivity contribution >= 4 is 39.4 Å². The summed E-state index contributed by atoms with van der Waals surface area (Å²) in [6.07, 6.45) is 1.66. The minimum atomic E-state index is -0.347. The van der Waals surface area contributed by atoms with Crippen molar-refractivity contribution in [2.24, 2.45) is 5.10 Å². The molecule has 4 rings (SSSR count). The number of morpholine rings is 1. The maximum Gasteiger partial charge on any atom is 0.307 e. The predicted octanol–water partition coefficient (Wildman–Crippen LogP) is 3.40. The van der Waals surface area contributed by atoms with Crippen molar-refractivity contribution in [2.75, 3.05) is 31.2 Å². The second kappa shape index (κ2) is 7.31. The highest BCUT2D eigenvalue weighted by Crippen LogP contribution is 2.26. The molecule has 1 saturated heterocycles. The van der Waals surface area contributed by atoms with Crippen LogP contribution >= 0.6 is 11.3 Å². The summed E-state index contributed by atoms with van der Waals surface area (Å²) >= 11 is 1.64. The molecule has 26 heavy (non-hydrogen) atoms. The van der Waals surface area contributed by atoms with Gasteiger partial charge in [-0.1, -0.05) is 18.2 Å². The van der Waals surface area contributed by atoms with Gasteiger partial charge in [0.2, 0.25) is 0 Å². The average molecular weight is 369 g/mol. The van der Waals surface area contributed by atoms with E-state index in [1.54, 1.807) is 17.6 Å². The van der Waals surface area contributed by atoms with Gasteiger partial charge in [0, 0.05) is 28.9 Å². The first kappa shape index (κ1) is 16.8. The zero-order chi connectivity index (χ0) is 17.9. The summed E-state index contributed by atoms with van der Waals surface area (Å²) in [6, 6.07) is 11.7. The van der Waals surface area contributed by atoms with Gasteiger partial charge in [0.25, 0.3) is 0 Å². The molecule has 0 radical (unpaired) electrons. The van der Waals surface area contributed by atoms with Crippen LogP contribution in [0.5, 0.6) is 0 Å². The number of nitrogens with one attached hydrogen (secondary N) is 1. The molecule has 0 bridgehead atoms. The Morgan fingerprint density at radius 1 is 1.23 bits per heavy atom. The van der Waals surface area contributed by atoms with Crippen molar-refractivity contribution in [1.82, 2.24) is 5.43 Å². The molecule has 3 aromatic rings. The Balaban J connectivity index is 1.42. The molecular weight excluding hydrogens is 350 g/mol. The number of anilines is 1. The molecular formula is C19H19N3O3S. The Kier molecular flexibility index (Phi) is 4.73. The average Bonchev–Trinajstić information content (AvgIpc) is 3.28. The number of carbonyl (C=O) groups excluding carboxylic acids is 1. The van der Waals surface area contributed by atoms with E-state index in [1.807, 2.05) is 37.3 Å². The molecule has 1 aromatic carbocycles. The quantitative estimate of drug-likeness (QED) is 0.565. The molecule has 3 heterocycles. The topological polar surface area (TPSA) is 67.1 Å². The van der Waals surface area contributed by atoms with Crippen LogP contribution < -0.4 is 10.3 Å². The van der Waals surface area contributed by atoms with Gasteiger partial charge in [-0.25, -0.2) is 5.43 Å². The fraction of sp³-hybridized carbons (Fsp3) is 0.263. The molecule has 0 spiro atoms. The Morgan fingerprint density at radius 2 is 2.04 bits per heavy atom. The minimum Gasteiger partial charge on any atom is -0.451 e. The highest BCUT2D eigenvalue weighted by Gasteiger charge is 2.17. The van der Waals surface area contributed by atoms with Crippen LogP contribution in [0.2, 0.25) is 0 Å². The van der Waals surface area contributed by atoms with Crippen LogP contribution in [-0.2, 0) is 4.74 Å². The number of rotatable bonds is 4. The summed E-state index contributed by atoms with van der Waals surface area (Å²) in [5.74, 6) is -0.0524. The monoisotopic (exact) mass is 369 g/mol. The smallest absolute Gasteiger partial charge is 0.307 e. The number of carbonyl (C=O) groups is 1. The number of benzene rings is 1. The predicted molar refractivity (Wildman–Crippen MR) is 103 cm³/mol. The number of thiophene rings is 1. The summed E-state index contributed by atoms with van der Waals surface area (Å²) in [7, 11) is 0. The fourth-order valence-electron chi connectivity index (χ4n) is 2.96. The lowest BCUT2D eigenvalue weighted by atomic mass is 10.1. The third-order valence-electron chi connectivity index (χ3n) is 4.34. The van der Waals surface area contributed by atoms with Crippen LogP contribution in [0.25, 0.3) is 11.0 Å². The van der Waals surface area contributed by atoms with E-state index >= 15 is 0 Å². The van der Waals surface area contributed by atoms with Gasteiger partial charge in [-0.15, -0.1) is 11.3 Å². The number of hydrogen-bond acceptors (Lipinski definition) is 6. The number of para-hydroxylation sites is 1. The summed E-state index contributed by atoms with van der Waals surface area (Å²) in [4.78, 5) is 15.6. The second-order valence-corrected chi connectivity index (χ2v) is 7.12. The molecule has 7 heteroatoms. The Hall–Kier alpha value is -2.64. The zero-order valence-electron chi connectivity index (χ0n) is 14.4. The van der Waals surface area contributed by atoms with Crippen molar-refractivity contribution < 1.29 is 13.9 Å². The molecule has 1 fully saturated rings. The Bertz CT molecular complexity index is 954. The Morgan fingerprint density at radius 3 is 2.85 bits per heavy atom. The molecule has 0 saturated carbocycles. The van der Waals surface area contributed by atoms with E-state index in [1.165, 1.54) is 5.00 Å². The Labute approximate surface area is 155 Å². The van der Waals surface area contributed by atoms with E-state index in [-0.39, 0.29) is 5.91 Å². The largest absolute Gasteiger partial charge is 0.451 e. The van der Waals surface area contributed by atoms with Crippen molar-refractivity contribution in [3.8, 4) is 0 Å². The lowest BCUT2D eigenvalue weighted by molar-refractivity contribution is 0.0929. The van der Waals surface area contributed by atoms with Gasteiger partial charge in [0.1, 0.15) is 5.58 Å². The van der Waals surface area contributed by atoms with Crippen LogP contribution in [0, 0.1) is 6.92 Å². The van der Waals surface area contributed by atoms with E-state index in [2.05, 4.69) is 21.5 Å². The van der Waals surface area contributed by atoms with Crippen molar-refractivity contribution in [3.63, 3.8) is 0 Å². The number of ether oxygens (including phenoxy) is 1. The van der Waals surface area contributed by atoms with E-state index in [4.69, 9.17) is 9.15 Å². The SMILES string of the molecule is Cc1c(C(=O)N/N=C\c2ccc(N3CCOCC3)s2)oc2ccccc12. The van der Waals surface area contributed by atoms with Gasteiger partial charge in [-0.05, 0) is 25.1 Å². The molecule has 2 aromatic heterocycles. The normalized spacial score (nSPS) is 15.0. The van der Waals surface area contributed by atoms with Crippen LogP contribution in [0.4, 0.5) is 5.00 Å². The summed E-state index contributed by atoms with van der Waals surface area (Å²) in [6.45, 7) is 5.19. The highest BCUT2D eigenvalue weighted by atomic mass is 32.1. The molecule has 6 nitrogen and oxygen atoms in total. The maximum atomic E-state index is 12.3. The molecule has 134 valence electrons. The van der Waals surface area contributed by atoms with E-state index in [0.717, 1.165) is 42.1 Å². The highest BCUT2D eigenvalue weighted by molar-refractivity contribution is 7.17. The first-order valence-corrected chi connectivity index (χ1v) is 9.28. The zero-order valence-corrected chi connectivity index (χ0v) is 15.2. The summed E-state index contributed by atoms with van der Waals surface area (Å²) in [5.41, 5.74) is 4.07. The molecule has 1 N–H and O–H groups in total. The first-order chi connectivity index (χ1) is 12.7. The first-order valence-electron chi connectivity index (χ1n) is 8.46. The number of hydrogen-bond donors (Lipinski definition) is 1. The van der Waals surface area contributed by atoms with E-state index in [0.29, 0.717) is 11.3 Å². The third-order valence-corrected chi connectivity index (χ3v) is 5.42. The summed E-state index contributed by atoms with van der Waals surface area (Å²) < 4.78 is 11.0. The van der Waals surface area contributed by atoms with Crippen molar-refractivity contribution in [2.45, 2.75) is 6.92 Å². The van der Waals surface area contributed by atoms with Gasteiger partial charge in [0.05, 0.1) is 24.4 Å². The maximum absolute atomic E-state index is 12.3. The van der Waals surface area contributed by atoms with Crippen LogP contribution in [0.3, 0.4) is 0 Å². The number of nitrogens with zero attached hydrogens (tertiary/aromatic N) is 2. The van der Waals surface area contributed by atoms with Crippen LogP contribution in [0.15, 0.2) is 45.9 Å². The van der Waals surface area contributed by atoms with Crippen LogP contribution in [0.1, 0.15) is 21.0 Å². The molecule has 1 aliphatic rings. The molecule has 0 atom stereocenters. The van der Waals surface area contributed by atoms with Crippen LogP contribution in [-0.4, -0.2) is 38.4 Å². The third kappa shape index (κ3) is 3.36. The lowest BCUT2D eigenvalue weighted by Gasteiger charge is -2.27. The van der Waals surface area contributed by atoms with E-state index in [9.17, 15) is 4.79 Å². The minimum absolute atomic E-state index is 0.295. The molecule has 1 amide bonds. The molecule has 1 aliphatic heterocycles.